The fraction of sp³-hybridized carbons (Fsp3) is 1.00. The summed E-state index contributed by atoms with van der Waals surface area (Å²) in [5.41, 5.74) is 0. The maximum atomic E-state index is 13.8. The fourth-order valence-electron chi connectivity index (χ4n) is 2.73. The van der Waals surface area contributed by atoms with Gasteiger partial charge in [0.1, 0.15) is 0 Å². The minimum atomic E-state index is -9.61. The van der Waals surface area contributed by atoms with Crippen LogP contribution in [0.2, 0.25) is 0 Å². The summed E-state index contributed by atoms with van der Waals surface area (Å²) < 4.78 is 343. The summed E-state index contributed by atoms with van der Waals surface area (Å²) in [4.78, 5) is 0. The summed E-state index contributed by atoms with van der Waals surface area (Å²) in [6.07, 6.45) is -11.1. The quantitative estimate of drug-likeness (QED) is 0.114. The number of aliphatic hydroxyl groups excluding tert-OH is 1. The molecule has 0 aromatic heterocycles. The zero-order valence-electron chi connectivity index (χ0n) is 21.0. The highest BCUT2D eigenvalue weighted by Crippen LogP contribution is 2.67. The van der Waals surface area contributed by atoms with Gasteiger partial charge in [0.2, 0.25) is 0 Å². The molecule has 28 heteroatoms. The van der Waals surface area contributed by atoms with Crippen molar-refractivity contribution in [1.29, 1.82) is 0 Å². The van der Waals surface area contributed by atoms with E-state index in [0.29, 0.717) is 0 Å². The Morgan fingerprint density at radius 3 is 0.804 bits per heavy atom. The van der Waals surface area contributed by atoms with Crippen LogP contribution in [0.3, 0.4) is 0 Å². The van der Waals surface area contributed by atoms with Crippen LogP contribution in [0.25, 0.3) is 0 Å². The first kappa shape index (κ1) is 44.1. The molecule has 0 saturated carbocycles. The zero-order valence-corrected chi connectivity index (χ0v) is 21.0. The third-order valence-corrected chi connectivity index (χ3v) is 5.53. The molecule has 0 aliphatic carbocycles. The smallest absolute Gasteiger partial charge is 0.394 e. The standard InChI is InChI=1S/C18H13F25O3/c19-7(20,1-3-45-5-6-46-4-2-44)8(21,22)9(23,24)10(25,26)11(27,28)12(29,30)13(31,32)14(33,34)15(35,36)16(37,38)17(39,40)18(41,42)43/h44H,1-6H2. The van der Waals surface area contributed by atoms with E-state index < -0.39 is 111 Å². The van der Waals surface area contributed by atoms with Crippen molar-refractivity contribution in [1.82, 2.24) is 0 Å². The molecule has 0 aliphatic heterocycles. The van der Waals surface area contributed by atoms with Gasteiger partial charge in [-0.25, -0.2) is 0 Å². The Morgan fingerprint density at radius 1 is 0.304 bits per heavy atom. The molecule has 0 radical (unpaired) electrons. The second-order valence-corrected chi connectivity index (χ2v) is 8.64. The predicted octanol–water partition coefficient (Wildman–Crippen LogP) is 7.95. The number of ether oxygens (including phenoxy) is 2. The van der Waals surface area contributed by atoms with Gasteiger partial charge in [0.05, 0.1) is 33.0 Å². The SMILES string of the molecule is OCCOCCOCCC(F)(F)C(F)(F)C(F)(F)C(F)(F)C(F)(F)C(F)(F)C(F)(F)C(F)(F)C(F)(F)C(F)(F)C(F)(F)C(F)(F)F. The van der Waals surface area contributed by atoms with Crippen LogP contribution in [0.15, 0.2) is 0 Å². The van der Waals surface area contributed by atoms with Gasteiger partial charge in [-0.3, -0.25) is 0 Å². The van der Waals surface area contributed by atoms with Crippen LogP contribution in [-0.2, 0) is 9.47 Å². The Hall–Kier alpha value is -1.87. The third-order valence-electron chi connectivity index (χ3n) is 5.53. The maximum Gasteiger partial charge on any atom is 0.460 e. The van der Waals surface area contributed by atoms with Gasteiger partial charge in [-0.15, -0.1) is 0 Å². The molecule has 0 unspecified atom stereocenters. The van der Waals surface area contributed by atoms with Gasteiger partial charge in [0.15, 0.2) is 0 Å². The summed E-state index contributed by atoms with van der Waals surface area (Å²) in [6, 6.07) is 0. The predicted molar refractivity (Wildman–Crippen MR) is 93.8 cm³/mol. The van der Waals surface area contributed by atoms with Gasteiger partial charge in [0, 0.05) is 6.42 Å². The highest BCUT2D eigenvalue weighted by Gasteiger charge is 2.99. The Labute approximate surface area is 236 Å². The summed E-state index contributed by atoms with van der Waals surface area (Å²) in [5.74, 6) is -98.4. The van der Waals surface area contributed by atoms with E-state index in [9.17, 15) is 110 Å². The monoisotopic (exact) mass is 752 g/mol. The highest BCUT2D eigenvalue weighted by molar-refractivity contribution is 5.19. The molecule has 0 rings (SSSR count). The summed E-state index contributed by atoms with van der Waals surface area (Å²) in [6.45, 7) is -4.71. The van der Waals surface area contributed by atoms with Crippen LogP contribution >= 0.6 is 0 Å². The lowest BCUT2D eigenvalue weighted by Crippen LogP contribution is -2.78. The molecule has 1 N–H and O–H groups in total. The largest absolute Gasteiger partial charge is 0.460 e. The molecule has 0 bridgehead atoms. The molecule has 0 amide bonds. The molecule has 46 heavy (non-hydrogen) atoms. The van der Waals surface area contributed by atoms with Crippen LogP contribution in [0.4, 0.5) is 110 Å². The van der Waals surface area contributed by atoms with Gasteiger partial charge < -0.3 is 14.6 Å². The lowest BCUT2D eigenvalue weighted by molar-refractivity contribution is -0.482. The van der Waals surface area contributed by atoms with Crippen molar-refractivity contribution in [2.24, 2.45) is 0 Å². The van der Waals surface area contributed by atoms with Gasteiger partial charge in [-0.1, -0.05) is 0 Å². The molecule has 0 fully saturated rings. The number of hydrogen-bond donors (Lipinski definition) is 1. The molecule has 0 saturated heterocycles. The summed E-state index contributed by atoms with van der Waals surface area (Å²) in [7, 11) is 0. The Kier molecular flexibility index (Phi) is 12.0. The van der Waals surface area contributed by atoms with E-state index in [-0.39, 0.29) is 0 Å². The van der Waals surface area contributed by atoms with Crippen molar-refractivity contribution < 1.29 is 124 Å². The van der Waals surface area contributed by atoms with Crippen LogP contribution in [-0.4, -0.2) is 109 Å². The molecular formula is C18H13F25O3. The first-order valence-electron chi connectivity index (χ1n) is 10.8. The summed E-state index contributed by atoms with van der Waals surface area (Å²) >= 11 is 0. The van der Waals surface area contributed by atoms with E-state index >= 15 is 0 Å². The van der Waals surface area contributed by atoms with Crippen molar-refractivity contribution in [2.75, 3.05) is 33.0 Å². The molecule has 0 spiro atoms. The van der Waals surface area contributed by atoms with Crippen LogP contribution in [0.1, 0.15) is 6.42 Å². The van der Waals surface area contributed by atoms with Gasteiger partial charge >= 0.3 is 71.3 Å². The number of alkyl halides is 25. The lowest BCUT2D eigenvalue weighted by atomic mass is 9.84. The lowest BCUT2D eigenvalue weighted by Gasteiger charge is -2.45. The molecule has 0 atom stereocenters. The molecular weight excluding hydrogens is 739 g/mol. The topological polar surface area (TPSA) is 38.7 Å². The van der Waals surface area contributed by atoms with Crippen LogP contribution in [0.5, 0.6) is 0 Å². The van der Waals surface area contributed by atoms with Crippen LogP contribution < -0.4 is 0 Å². The average Bonchev–Trinajstić information content (AvgIpc) is 2.86. The van der Waals surface area contributed by atoms with E-state index in [4.69, 9.17) is 5.11 Å². The van der Waals surface area contributed by atoms with E-state index in [0.717, 1.165) is 0 Å². The Balaban J connectivity index is 6.83. The molecule has 3 nitrogen and oxygen atoms in total. The number of halogens is 25. The van der Waals surface area contributed by atoms with Crippen molar-refractivity contribution in [3.8, 4) is 0 Å². The summed E-state index contributed by atoms with van der Waals surface area (Å²) in [5, 5.41) is 8.33. The van der Waals surface area contributed by atoms with Crippen molar-refractivity contribution in [3.05, 3.63) is 0 Å². The molecule has 0 aromatic rings. The Bertz CT molecular complexity index is 1020. The normalized spacial score (nSPS) is 16.3. The fourth-order valence-corrected chi connectivity index (χ4v) is 2.73. The van der Waals surface area contributed by atoms with E-state index in [1.165, 1.54) is 0 Å². The molecule has 278 valence electrons. The van der Waals surface area contributed by atoms with Crippen molar-refractivity contribution in [3.63, 3.8) is 0 Å². The van der Waals surface area contributed by atoms with E-state index in [1.54, 1.807) is 0 Å². The zero-order chi connectivity index (χ0) is 37.7. The second kappa shape index (κ2) is 12.5. The molecule has 0 aromatic carbocycles. The van der Waals surface area contributed by atoms with E-state index in [1.807, 2.05) is 0 Å². The minimum Gasteiger partial charge on any atom is -0.394 e. The molecule has 0 heterocycles. The minimum absolute atomic E-state index is 0.469. The number of aliphatic hydroxyl groups is 1. The maximum absolute atomic E-state index is 13.8. The van der Waals surface area contributed by atoms with E-state index in [2.05, 4.69) is 9.47 Å². The first-order valence-corrected chi connectivity index (χ1v) is 10.8. The first-order chi connectivity index (χ1) is 19.8. The highest BCUT2D eigenvalue weighted by atomic mass is 19.4. The van der Waals surface area contributed by atoms with Crippen molar-refractivity contribution in [2.45, 2.75) is 77.7 Å². The van der Waals surface area contributed by atoms with Gasteiger partial charge in [-0.05, 0) is 0 Å². The second-order valence-electron chi connectivity index (χ2n) is 8.64. The van der Waals surface area contributed by atoms with Gasteiger partial charge in [-0.2, -0.15) is 110 Å². The van der Waals surface area contributed by atoms with Gasteiger partial charge in [0.25, 0.3) is 0 Å². The average molecular weight is 752 g/mol. The van der Waals surface area contributed by atoms with Crippen molar-refractivity contribution >= 4 is 0 Å². The number of hydrogen-bond acceptors (Lipinski definition) is 3. The number of rotatable bonds is 18. The Morgan fingerprint density at radius 2 is 0.543 bits per heavy atom. The third kappa shape index (κ3) is 6.21. The molecule has 0 aliphatic rings. The van der Waals surface area contributed by atoms with Crippen LogP contribution in [0, 0.1) is 0 Å².